The summed E-state index contributed by atoms with van der Waals surface area (Å²) in [6.45, 7) is 8.07. The summed E-state index contributed by atoms with van der Waals surface area (Å²) in [5.74, 6) is 1.47. The van der Waals surface area contributed by atoms with Crippen molar-refractivity contribution < 1.29 is 4.79 Å². The third-order valence-electron chi connectivity index (χ3n) is 4.54. The van der Waals surface area contributed by atoms with E-state index in [-0.39, 0.29) is 18.0 Å². The number of fused-ring (bicyclic) bond motifs is 1. The first-order chi connectivity index (χ1) is 8.49. The normalized spacial score (nSPS) is 34.4. The van der Waals surface area contributed by atoms with E-state index in [1.165, 1.54) is 12.8 Å². The van der Waals surface area contributed by atoms with Gasteiger partial charge in [0.2, 0.25) is 5.91 Å². The van der Waals surface area contributed by atoms with Crippen LogP contribution < -0.4 is 11.1 Å². The largest absolute Gasteiger partial charge is 0.353 e. The third-order valence-corrected chi connectivity index (χ3v) is 4.54. The van der Waals surface area contributed by atoms with Gasteiger partial charge in [-0.25, -0.2) is 0 Å². The van der Waals surface area contributed by atoms with E-state index in [1.807, 2.05) is 20.8 Å². The van der Waals surface area contributed by atoms with E-state index < -0.39 is 0 Å². The van der Waals surface area contributed by atoms with Gasteiger partial charge in [0.05, 0.1) is 6.04 Å². The highest BCUT2D eigenvalue weighted by molar-refractivity contribution is 5.81. The van der Waals surface area contributed by atoms with Crippen molar-refractivity contribution in [2.24, 2.45) is 17.6 Å². The SMILES string of the molecule is CC(C)NC(=O)C(C)N1CC2CCCC(N)C2C1. The fourth-order valence-electron chi connectivity index (χ4n) is 3.44. The predicted molar refractivity (Wildman–Crippen MR) is 73.1 cm³/mol. The monoisotopic (exact) mass is 253 g/mol. The summed E-state index contributed by atoms with van der Waals surface area (Å²) in [5.41, 5.74) is 6.21. The molecule has 4 nitrogen and oxygen atoms in total. The molecule has 0 aromatic carbocycles. The Morgan fingerprint density at radius 1 is 1.28 bits per heavy atom. The van der Waals surface area contributed by atoms with Gasteiger partial charge < -0.3 is 11.1 Å². The van der Waals surface area contributed by atoms with Gasteiger partial charge in [-0.3, -0.25) is 9.69 Å². The number of likely N-dealkylation sites (tertiary alicyclic amines) is 1. The van der Waals surface area contributed by atoms with Crippen LogP contribution in [0.25, 0.3) is 0 Å². The Bertz CT molecular complexity index is 305. The Kier molecular flexibility index (Phi) is 4.28. The summed E-state index contributed by atoms with van der Waals surface area (Å²) >= 11 is 0. The second-order valence-electron chi connectivity index (χ2n) is 6.31. The van der Waals surface area contributed by atoms with E-state index in [0.29, 0.717) is 17.9 Å². The number of carbonyl (C=O) groups excluding carboxylic acids is 1. The summed E-state index contributed by atoms with van der Waals surface area (Å²) in [6, 6.07) is 0.534. The Labute approximate surface area is 110 Å². The number of amides is 1. The first kappa shape index (κ1) is 13.8. The zero-order chi connectivity index (χ0) is 13.3. The van der Waals surface area contributed by atoms with Gasteiger partial charge in [0.1, 0.15) is 0 Å². The van der Waals surface area contributed by atoms with Crippen LogP contribution in [0.2, 0.25) is 0 Å². The van der Waals surface area contributed by atoms with Gasteiger partial charge in [-0.05, 0) is 45.4 Å². The molecule has 104 valence electrons. The lowest BCUT2D eigenvalue weighted by Gasteiger charge is -2.30. The van der Waals surface area contributed by atoms with Gasteiger partial charge in [-0.15, -0.1) is 0 Å². The van der Waals surface area contributed by atoms with Crippen LogP contribution >= 0.6 is 0 Å². The number of rotatable bonds is 3. The van der Waals surface area contributed by atoms with Crippen molar-refractivity contribution in [3.63, 3.8) is 0 Å². The smallest absolute Gasteiger partial charge is 0.237 e. The molecule has 2 fully saturated rings. The Balaban J connectivity index is 1.93. The molecule has 18 heavy (non-hydrogen) atoms. The van der Waals surface area contributed by atoms with Crippen LogP contribution in [-0.2, 0) is 4.79 Å². The summed E-state index contributed by atoms with van der Waals surface area (Å²) in [6.07, 6.45) is 3.69. The Hall–Kier alpha value is -0.610. The third kappa shape index (κ3) is 2.86. The molecular weight excluding hydrogens is 226 g/mol. The summed E-state index contributed by atoms with van der Waals surface area (Å²) in [7, 11) is 0. The van der Waals surface area contributed by atoms with Gasteiger partial charge in [0, 0.05) is 25.2 Å². The van der Waals surface area contributed by atoms with Crippen molar-refractivity contribution in [1.82, 2.24) is 10.2 Å². The average molecular weight is 253 g/mol. The molecule has 3 N–H and O–H groups in total. The molecule has 1 heterocycles. The molecule has 1 saturated carbocycles. The molecule has 1 aliphatic heterocycles. The maximum absolute atomic E-state index is 12.0. The van der Waals surface area contributed by atoms with Crippen LogP contribution in [0.3, 0.4) is 0 Å². The van der Waals surface area contributed by atoms with Gasteiger partial charge in [-0.1, -0.05) is 6.42 Å². The molecule has 2 aliphatic rings. The number of hydrogen-bond donors (Lipinski definition) is 2. The number of carbonyl (C=O) groups is 1. The molecule has 4 unspecified atom stereocenters. The lowest BCUT2D eigenvalue weighted by atomic mass is 9.78. The van der Waals surface area contributed by atoms with Crippen molar-refractivity contribution in [2.75, 3.05) is 13.1 Å². The van der Waals surface area contributed by atoms with Crippen molar-refractivity contribution in [1.29, 1.82) is 0 Å². The van der Waals surface area contributed by atoms with Crippen molar-refractivity contribution in [3.8, 4) is 0 Å². The van der Waals surface area contributed by atoms with Crippen LogP contribution in [0.5, 0.6) is 0 Å². The highest BCUT2D eigenvalue weighted by atomic mass is 16.2. The van der Waals surface area contributed by atoms with Crippen molar-refractivity contribution in [2.45, 2.75) is 58.2 Å². The molecule has 0 bridgehead atoms. The Morgan fingerprint density at radius 3 is 2.61 bits per heavy atom. The summed E-state index contributed by atoms with van der Waals surface area (Å²) in [5, 5.41) is 3.00. The van der Waals surface area contributed by atoms with E-state index in [0.717, 1.165) is 19.5 Å². The van der Waals surface area contributed by atoms with Crippen molar-refractivity contribution >= 4 is 5.91 Å². The van der Waals surface area contributed by atoms with Crippen LogP contribution in [0.4, 0.5) is 0 Å². The zero-order valence-corrected chi connectivity index (χ0v) is 11.9. The average Bonchev–Trinajstić information content (AvgIpc) is 2.72. The van der Waals surface area contributed by atoms with E-state index in [9.17, 15) is 4.79 Å². The van der Waals surface area contributed by atoms with Gasteiger partial charge >= 0.3 is 0 Å². The molecule has 4 atom stereocenters. The molecule has 1 saturated heterocycles. The van der Waals surface area contributed by atoms with E-state index >= 15 is 0 Å². The molecule has 0 spiro atoms. The highest BCUT2D eigenvalue weighted by Crippen LogP contribution is 2.36. The maximum atomic E-state index is 12.0. The second kappa shape index (κ2) is 5.57. The van der Waals surface area contributed by atoms with Crippen LogP contribution in [0.1, 0.15) is 40.0 Å². The van der Waals surface area contributed by atoms with Gasteiger partial charge in [0.15, 0.2) is 0 Å². The lowest BCUT2D eigenvalue weighted by Crippen LogP contribution is -2.46. The van der Waals surface area contributed by atoms with E-state index in [2.05, 4.69) is 10.2 Å². The number of nitrogens with one attached hydrogen (secondary N) is 1. The summed E-state index contributed by atoms with van der Waals surface area (Å²) in [4.78, 5) is 14.4. The predicted octanol–water partition coefficient (Wildman–Crippen LogP) is 0.959. The molecular formula is C14H27N3O. The van der Waals surface area contributed by atoms with Gasteiger partial charge in [0.25, 0.3) is 0 Å². The topological polar surface area (TPSA) is 58.4 Å². The number of nitrogens with zero attached hydrogens (tertiary/aromatic N) is 1. The first-order valence-corrected chi connectivity index (χ1v) is 7.29. The van der Waals surface area contributed by atoms with Gasteiger partial charge in [-0.2, -0.15) is 0 Å². The molecule has 0 aromatic rings. The molecule has 0 aromatic heterocycles. The molecule has 1 aliphatic carbocycles. The molecule has 4 heteroatoms. The maximum Gasteiger partial charge on any atom is 0.237 e. The summed E-state index contributed by atoms with van der Waals surface area (Å²) < 4.78 is 0. The number of hydrogen-bond acceptors (Lipinski definition) is 3. The molecule has 2 rings (SSSR count). The molecule has 1 amide bonds. The first-order valence-electron chi connectivity index (χ1n) is 7.29. The minimum absolute atomic E-state index is 0.0230. The minimum atomic E-state index is -0.0230. The van der Waals surface area contributed by atoms with Crippen molar-refractivity contribution in [3.05, 3.63) is 0 Å². The van der Waals surface area contributed by atoms with E-state index in [4.69, 9.17) is 5.73 Å². The quantitative estimate of drug-likeness (QED) is 0.787. The van der Waals surface area contributed by atoms with Crippen LogP contribution in [-0.4, -0.2) is 42.0 Å². The minimum Gasteiger partial charge on any atom is -0.353 e. The Morgan fingerprint density at radius 2 is 2.00 bits per heavy atom. The second-order valence-corrected chi connectivity index (χ2v) is 6.31. The van der Waals surface area contributed by atoms with E-state index in [1.54, 1.807) is 0 Å². The fraction of sp³-hybridized carbons (Fsp3) is 0.929. The number of nitrogens with two attached hydrogens (primary N) is 1. The van der Waals surface area contributed by atoms with Crippen LogP contribution in [0.15, 0.2) is 0 Å². The molecule has 0 radical (unpaired) electrons. The standard InChI is InChI=1S/C14H27N3O/c1-9(2)16-14(18)10(3)17-7-11-5-4-6-13(15)12(11)8-17/h9-13H,4-8,15H2,1-3H3,(H,16,18). The highest BCUT2D eigenvalue weighted by Gasteiger charge is 2.41. The van der Waals surface area contributed by atoms with Crippen LogP contribution in [0, 0.1) is 11.8 Å². The fourth-order valence-corrected chi connectivity index (χ4v) is 3.44. The lowest BCUT2D eigenvalue weighted by molar-refractivity contribution is -0.126. The zero-order valence-electron chi connectivity index (χ0n) is 11.9.